The molecule has 5 heteroatoms. The molecule has 8 aromatic rings. The van der Waals surface area contributed by atoms with E-state index < -0.39 is 23.6 Å². The monoisotopic (exact) mass is 875 g/mol. The van der Waals surface area contributed by atoms with Crippen LogP contribution in [0.15, 0.2) is 170 Å². The lowest BCUT2D eigenvalue weighted by molar-refractivity contribution is 0.443. The largest absolute Gasteiger partial charge is 0.256 e. The molecule has 3 aromatic heterocycles. The van der Waals surface area contributed by atoms with Crippen LogP contribution >= 0.6 is 0 Å². The summed E-state index contributed by atoms with van der Waals surface area (Å²) < 4.78 is 67.3. The fourth-order valence-corrected chi connectivity index (χ4v) is 9.51. The van der Waals surface area contributed by atoms with Crippen molar-refractivity contribution in [1.29, 1.82) is 0 Å². The topological polar surface area (TPSA) is 38.7 Å². The molecule has 332 valence electrons. The van der Waals surface area contributed by atoms with Gasteiger partial charge in [0.1, 0.15) is 11.6 Å². The van der Waals surface area contributed by atoms with Gasteiger partial charge in [-0.05, 0) is 172 Å². The summed E-state index contributed by atoms with van der Waals surface area (Å²) in [5.41, 5.74) is 10.5. The van der Waals surface area contributed by atoms with Gasteiger partial charge in [0.15, 0.2) is 0 Å². The Morgan fingerprint density at radius 3 is 1.48 bits per heavy atom. The SMILES string of the molecule is [2H]C([2H])(c1cc(CC(C)(C)c2ccc(-c3ccc(F)cc3)nc2)cc(CC(C)(C)c2ccc(-c3ccc(F)cc3)nc2)c1)C([2H])([2H])c1cnc(-c2ccccc2)cc1-c1ccc(C2CCCCC2)cc1. The molecule has 0 N–H and O–H groups in total. The summed E-state index contributed by atoms with van der Waals surface area (Å²) in [6, 6.07) is 46.5. The first-order chi connectivity index (χ1) is 33.5. The summed E-state index contributed by atoms with van der Waals surface area (Å²) in [4.78, 5) is 14.3. The van der Waals surface area contributed by atoms with E-state index in [0.29, 0.717) is 30.0 Å². The maximum absolute atomic E-state index is 13.7. The minimum atomic E-state index is -2.55. The van der Waals surface area contributed by atoms with E-state index in [2.05, 4.69) is 58.0 Å². The van der Waals surface area contributed by atoms with Crippen LogP contribution in [0.2, 0.25) is 0 Å². The molecule has 0 radical (unpaired) electrons. The van der Waals surface area contributed by atoms with E-state index in [0.717, 1.165) is 68.7 Å². The van der Waals surface area contributed by atoms with Gasteiger partial charge in [-0.25, -0.2) is 8.78 Å². The van der Waals surface area contributed by atoms with Crippen molar-refractivity contribution in [3.05, 3.63) is 221 Å². The van der Waals surface area contributed by atoms with Gasteiger partial charge in [-0.2, -0.15) is 0 Å². The molecule has 0 unspecified atom stereocenters. The van der Waals surface area contributed by atoms with Crippen molar-refractivity contribution in [2.75, 3.05) is 0 Å². The first kappa shape index (κ1) is 39.7. The van der Waals surface area contributed by atoms with Gasteiger partial charge < -0.3 is 0 Å². The highest BCUT2D eigenvalue weighted by molar-refractivity contribution is 5.73. The fraction of sp³-hybridized carbons (Fsp3) is 0.262. The maximum Gasteiger partial charge on any atom is 0.123 e. The molecule has 0 aliphatic heterocycles. The maximum atomic E-state index is 13.7. The Balaban J connectivity index is 1.10. The number of pyridine rings is 3. The van der Waals surface area contributed by atoms with Crippen molar-refractivity contribution < 1.29 is 14.3 Å². The summed E-state index contributed by atoms with van der Waals surface area (Å²) in [6.45, 7) is 8.52. The van der Waals surface area contributed by atoms with E-state index in [1.165, 1.54) is 55.3 Å². The third-order valence-electron chi connectivity index (χ3n) is 13.3. The summed E-state index contributed by atoms with van der Waals surface area (Å²) >= 11 is 0. The van der Waals surface area contributed by atoms with Crippen molar-refractivity contribution in [2.24, 2.45) is 0 Å². The van der Waals surface area contributed by atoms with Crippen molar-refractivity contribution in [3.8, 4) is 44.9 Å². The van der Waals surface area contributed by atoms with Crippen molar-refractivity contribution in [3.63, 3.8) is 0 Å². The number of halogens is 2. The molecular weight excluding hydrogens is 813 g/mol. The molecule has 66 heavy (non-hydrogen) atoms. The lowest BCUT2D eigenvalue weighted by atomic mass is 9.77. The van der Waals surface area contributed by atoms with Gasteiger partial charge in [-0.3, -0.25) is 15.0 Å². The number of aryl methyl sites for hydroxylation is 2. The van der Waals surface area contributed by atoms with Crippen LogP contribution in [0.1, 0.15) is 110 Å². The Hall–Kier alpha value is -6.59. The van der Waals surface area contributed by atoms with Gasteiger partial charge in [0.05, 0.1) is 17.1 Å². The van der Waals surface area contributed by atoms with Crippen molar-refractivity contribution in [1.82, 2.24) is 15.0 Å². The molecule has 0 bridgehead atoms. The Kier molecular flexibility index (Phi) is 11.7. The minimum absolute atomic E-state index is 0.176. The Morgan fingerprint density at radius 1 is 0.485 bits per heavy atom. The molecule has 1 fully saturated rings. The molecule has 1 aliphatic rings. The van der Waals surface area contributed by atoms with Gasteiger partial charge in [0, 0.05) is 40.8 Å². The molecule has 1 saturated carbocycles. The van der Waals surface area contributed by atoms with Gasteiger partial charge >= 0.3 is 0 Å². The molecule has 0 saturated heterocycles. The molecule has 5 aromatic carbocycles. The lowest BCUT2D eigenvalue weighted by Gasteiger charge is -2.28. The van der Waals surface area contributed by atoms with Crippen molar-refractivity contribution in [2.45, 2.75) is 102 Å². The van der Waals surface area contributed by atoms with Gasteiger partial charge in [0.25, 0.3) is 0 Å². The molecule has 0 atom stereocenters. The molecule has 3 nitrogen and oxygen atoms in total. The molecule has 9 rings (SSSR count). The van der Waals surface area contributed by atoms with E-state index in [1.54, 1.807) is 24.3 Å². The zero-order chi connectivity index (χ0) is 49.3. The third-order valence-corrected chi connectivity index (χ3v) is 13.3. The Morgan fingerprint density at radius 2 is 0.970 bits per heavy atom. The van der Waals surface area contributed by atoms with Crippen LogP contribution in [0.4, 0.5) is 8.78 Å². The second-order valence-electron chi connectivity index (χ2n) is 19.2. The third kappa shape index (κ3) is 10.6. The van der Waals surface area contributed by atoms with Crippen LogP contribution < -0.4 is 0 Å². The zero-order valence-corrected chi connectivity index (χ0v) is 38.3. The van der Waals surface area contributed by atoms with E-state index in [-0.39, 0.29) is 22.8 Å². The summed E-state index contributed by atoms with van der Waals surface area (Å²) in [5, 5.41) is 0. The first-order valence-electron chi connectivity index (χ1n) is 25.2. The van der Waals surface area contributed by atoms with Crippen LogP contribution in [0.3, 0.4) is 0 Å². The minimum Gasteiger partial charge on any atom is -0.256 e. The highest BCUT2D eigenvalue weighted by Gasteiger charge is 2.26. The zero-order valence-electron chi connectivity index (χ0n) is 42.3. The predicted octanol–water partition coefficient (Wildman–Crippen LogP) is 15.7. The number of rotatable bonds is 14. The number of hydrogen-bond acceptors (Lipinski definition) is 3. The summed E-state index contributed by atoms with van der Waals surface area (Å²) in [6.07, 6.45) is 7.21. The van der Waals surface area contributed by atoms with E-state index >= 15 is 0 Å². The average Bonchev–Trinajstić information content (AvgIpc) is 3.37. The first-order valence-corrected chi connectivity index (χ1v) is 23.2. The second-order valence-corrected chi connectivity index (χ2v) is 19.2. The number of hydrogen-bond donors (Lipinski definition) is 0. The molecule has 0 spiro atoms. The normalized spacial score (nSPS) is 14.8. The second kappa shape index (κ2) is 19.5. The van der Waals surface area contributed by atoms with Gasteiger partial charge in [-0.15, -0.1) is 0 Å². The Bertz CT molecular complexity index is 2940. The van der Waals surface area contributed by atoms with Crippen LogP contribution in [0.5, 0.6) is 0 Å². The van der Waals surface area contributed by atoms with Crippen LogP contribution in [0, 0.1) is 11.6 Å². The summed E-state index contributed by atoms with van der Waals surface area (Å²) in [5.74, 6) is -0.110. The number of aromatic nitrogens is 3. The van der Waals surface area contributed by atoms with Crippen LogP contribution in [-0.2, 0) is 36.4 Å². The quantitative estimate of drug-likeness (QED) is 0.109. The smallest absolute Gasteiger partial charge is 0.123 e. The van der Waals surface area contributed by atoms with E-state index in [9.17, 15) is 14.3 Å². The van der Waals surface area contributed by atoms with E-state index in [4.69, 9.17) is 15.0 Å². The summed E-state index contributed by atoms with van der Waals surface area (Å²) in [7, 11) is 0. The molecule has 0 amide bonds. The lowest BCUT2D eigenvalue weighted by Crippen LogP contribution is -2.23. The predicted molar refractivity (Wildman–Crippen MR) is 268 cm³/mol. The number of benzene rings is 5. The highest BCUT2D eigenvalue weighted by atomic mass is 19.1. The molecule has 1 aliphatic carbocycles. The fourth-order valence-electron chi connectivity index (χ4n) is 9.51. The average molecular weight is 876 g/mol. The van der Waals surface area contributed by atoms with Gasteiger partial charge in [-0.1, -0.05) is 132 Å². The van der Waals surface area contributed by atoms with Crippen LogP contribution in [-0.4, -0.2) is 15.0 Å². The Labute approximate surface area is 395 Å². The van der Waals surface area contributed by atoms with Crippen LogP contribution in [0.25, 0.3) is 44.9 Å². The van der Waals surface area contributed by atoms with Gasteiger partial charge in [0.2, 0.25) is 0 Å². The molecular formula is C61H59F2N3. The highest BCUT2D eigenvalue weighted by Crippen LogP contribution is 2.37. The molecule has 3 heterocycles. The number of nitrogens with zero attached hydrogens (tertiary/aromatic N) is 3. The van der Waals surface area contributed by atoms with E-state index in [1.807, 2.05) is 85.2 Å². The standard InChI is InChI=1S/C61H59F2N3/c1-60(2,52-25-31-57(65-40-52)49-21-27-54(62)28-22-49)37-43-33-42(34-44(35-43)38-61(3,4)53-26-32-58(66-41-53)50-23-29-55(63)30-24-50)15-16-51-39-64-59(48-13-9-6-10-14-48)36-56(51)47-19-17-46(18-20-47)45-11-7-5-8-12-45/h6,9-10,13-14,17-36,39-41,45H,5,7-8,11-12,15-16,37-38H2,1-4H3/i15D2,16D2. The van der Waals surface area contributed by atoms with Crippen molar-refractivity contribution >= 4 is 0 Å².